The predicted octanol–water partition coefficient (Wildman–Crippen LogP) is 1.02. The van der Waals surface area contributed by atoms with Gasteiger partial charge in [-0.1, -0.05) is 0 Å². The molecule has 0 aromatic heterocycles. The number of carbonyl (C=O) groups excluding carboxylic acids is 1. The Hall–Kier alpha value is -1.76. The van der Waals surface area contributed by atoms with Crippen LogP contribution in [0.1, 0.15) is 12.8 Å². The van der Waals surface area contributed by atoms with Crippen LogP contribution in [-0.4, -0.2) is 39.6 Å². The quantitative estimate of drug-likeness (QED) is 0.437. The summed E-state index contributed by atoms with van der Waals surface area (Å²) >= 11 is 0. The molecular weight excluding hydrogens is 282 g/mol. The Labute approximate surface area is 118 Å². The first-order valence-corrected chi connectivity index (χ1v) is 8.00. The molecule has 1 rings (SSSR count). The van der Waals surface area contributed by atoms with Crippen molar-refractivity contribution in [1.82, 2.24) is 0 Å². The average molecular weight is 301 g/mol. The highest BCUT2D eigenvalue weighted by Gasteiger charge is 2.13. The number of ether oxygens (including phenoxy) is 2. The van der Waals surface area contributed by atoms with Gasteiger partial charge in [-0.15, -0.1) is 0 Å². The van der Waals surface area contributed by atoms with Crippen LogP contribution in [0.3, 0.4) is 0 Å². The summed E-state index contributed by atoms with van der Waals surface area (Å²) in [4.78, 5) is 10.9. The highest BCUT2D eigenvalue weighted by molar-refractivity contribution is 7.91. The molecule has 0 fully saturated rings. The molecule has 0 saturated heterocycles. The van der Waals surface area contributed by atoms with Crippen molar-refractivity contribution in [3.05, 3.63) is 24.3 Å². The van der Waals surface area contributed by atoms with Crippen LogP contribution in [0.5, 0.6) is 5.75 Å². The summed E-state index contributed by atoms with van der Waals surface area (Å²) in [5, 5.41) is 0. The third-order valence-electron chi connectivity index (χ3n) is 2.59. The molecule has 0 atom stereocenters. The van der Waals surface area contributed by atoms with E-state index in [-0.39, 0.29) is 17.9 Å². The normalized spacial score (nSPS) is 11.1. The molecule has 0 saturated carbocycles. The molecule has 6 nitrogen and oxygen atoms in total. The van der Waals surface area contributed by atoms with Crippen LogP contribution in [0.2, 0.25) is 0 Å². The smallest absolute Gasteiger partial charge is 0.306 e. The van der Waals surface area contributed by atoms with Gasteiger partial charge in [-0.05, 0) is 30.7 Å². The number of rotatable bonds is 8. The Bertz CT molecular complexity index is 524. The molecule has 0 spiro atoms. The van der Waals surface area contributed by atoms with Crippen molar-refractivity contribution in [1.29, 1.82) is 0 Å². The fraction of sp³-hybridized carbons (Fsp3) is 0.462. The molecule has 0 radical (unpaired) electrons. The number of benzene rings is 1. The van der Waals surface area contributed by atoms with E-state index in [1.165, 1.54) is 7.11 Å². The van der Waals surface area contributed by atoms with E-state index in [0.717, 1.165) is 0 Å². The fourth-order valence-corrected chi connectivity index (χ4v) is 2.72. The number of carbonyl (C=O) groups is 1. The Balaban J connectivity index is 2.26. The van der Waals surface area contributed by atoms with Crippen LogP contribution >= 0.6 is 0 Å². The highest BCUT2D eigenvalue weighted by atomic mass is 32.2. The zero-order valence-corrected chi connectivity index (χ0v) is 12.2. The summed E-state index contributed by atoms with van der Waals surface area (Å²) in [6, 6.07) is 6.87. The number of hydrogen-bond acceptors (Lipinski definition) is 6. The number of nitrogen functional groups attached to an aromatic ring is 1. The number of esters is 1. The zero-order valence-electron chi connectivity index (χ0n) is 11.4. The summed E-state index contributed by atoms with van der Waals surface area (Å²) in [6.45, 7) is 0.293. The summed E-state index contributed by atoms with van der Waals surface area (Å²) in [5.74, 6) is -0.0848. The Morgan fingerprint density at radius 3 is 2.45 bits per heavy atom. The molecule has 2 N–H and O–H groups in total. The van der Waals surface area contributed by atoms with Gasteiger partial charge < -0.3 is 15.2 Å². The Morgan fingerprint density at radius 1 is 1.20 bits per heavy atom. The molecular formula is C13H19NO5S. The van der Waals surface area contributed by atoms with Gasteiger partial charge in [0.05, 0.1) is 31.6 Å². The van der Waals surface area contributed by atoms with Crippen molar-refractivity contribution in [2.75, 3.05) is 31.0 Å². The minimum atomic E-state index is -3.25. The van der Waals surface area contributed by atoms with Crippen LogP contribution in [-0.2, 0) is 19.4 Å². The van der Waals surface area contributed by atoms with E-state index in [1.54, 1.807) is 24.3 Å². The van der Waals surface area contributed by atoms with Crippen molar-refractivity contribution < 1.29 is 22.7 Å². The van der Waals surface area contributed by atoms with Crippen LogP contribution in [0.25, 0.3) is 0 Å². The lowest BCUT2D eigenvalue weighted by atomic mass is 10.3. The average Bonchev–Trinajstić information content (AvgIpc) is 2.43. The van der Waals surface area contributed by atoms with Gasteiger partial charge >= 0.3 is 5.97 Å². The molecule has 0 amide bonds. The maximum atomic E-state index is 11.6. The molecule has 20 heavy (non-hydrogen) atoms. The first-order valence-electron chi connectivity index (χ1n) is 6.18. The molecule has 0 aliphatic heterocycles. The summed E-state index contributed by atoms with van der Waals surface area (Å²) < 4.78 is 33.0. The molecule has 7 heteroatoms. The number of nitrogens with two attached hydrogens (primary N) is 1. The molecule has 1 aromatic carbocycles. The van der Waals surface area contributed by atoms with E-state index in [0.29, 0.717) is 24.5 Å². The maximum Gasteiger partial charge on any atom is 0.306 e. The van der Waals surface area contributed by atoms with E-state index >= 15 is 0 Å². The lowest BCUT2D eigenvalue weighted by Gasteiger charge is -2.07. The summed E-state index contributed by atoms with van der Waals surface area (Å²) in [7, 11) is -2.02. The van der Waals surface area contributed by atoms with Crippen molar-refractivity contribution in [2.45, 2.75) is 12.8 Å². The molecule has 0 heterocycles. The van der Waals surface area contributed by atoms with Gasteiger partial charge in [0, 0.05) is 5.69 Å². The van der Waals surface area contributed by atoms with Crippen LogP contribution in [0.4, 0.5) is 5.69 Å². The van der Waals surface area contributed by atoms with E-state index < -0.39 is 15.8 Å². The van der Waals surface area contributed by atoms with Crippen LogP contribution < -0.4 is 10.5 Å². The number of sulfone groups is 1. The summed E-state index contributed by atoms with van der Waals surface area (Å²) in [6.07, 6.45) is 0.255. The first-order chi connectivity index (χ1) is 9.43. The van der Waals surface area contributed by atoms with E-state index in [1.807, 2.05) is 0 Å². The van der Waals surface area contributed by atoms with Crippen molar-refractivity contribution in [2.24, 2.45) is 0 Å². The molecule has 112 valence electrons. The second kappa shape index (κ2) is 7.74. The molecule has 0 unspecified atom stereocenters. The number of methoxy groups -OCH3 is 1. The van der Waals surface area contributed by atoms with Crippen LogP contribution in [0, 0.1) is 0 Å². The van der Waals surface area contributed by atoms with Gasteiger partial charge in [-0.25, -0.2) is 8.42 Å². The lowest BCUT2D eigenvalue weighted by molar-refractivity contribution is -0.140. The molecule has 0 aliphatic rings. The standard InChI is InChI=1S/C13H19NO5S/c1-18-13(15)7-10-20(16,17)9-2-8-19-12-5-3-11(14)4-6-12/h3-6H,2,7-10,14H2,1H3. The Morgan fingerprint density at radius 2 is 1.85 bits per heavy atom. The fourth-order valence-electron chi connectivity index (χ4n) is 1.48. The Kier molecular flexibility index (Phi) is 6.30. The maximum absolute atomic E-state index is 11.6. The van der Waals surface area contributed by atoms with Crippen molar-refractivity contribution in [3.8, 4) is 5.75 Å². The van der Waals surface area contributed by atoms with Gasteiger partial charge in [0.15, 0.2) is 9.84 Å². The van der Waals surface area contributed by atoms with Gasteiger partial charge in [0.1, 0.15) is 5.75 Å². The van der Waals surface area contributed by atoms with Crippen LogP contribution in [0.15, 0.2) is 24.3 Å². The minimum absolute atomic E-state index is 0.0149. The SMILES string of the molecule is COC(=O)CCS(=O)(=O)CCCOc1ccc(N)cc1. The molecule has 0 aliphatic carbocycles. The third kappa shape index (κ3) is 6.42. The monoisotopic (exact) mass is 301 g/mol. The highest BCUT2D eigenvalue weighted by Crippen LogP contribution is 2.13. The summed E-state index contributed by atoms with van der Waals surface area (Å²) in [5.41, 5.74) is 6.18. The van der Waals surface area contributed by atoms with Crippen molar-refractivity contribution in [3.63, 3.8) is 0 Å². The second-order valence-electron chi connectivity index (χ2n) is 4.25. The largest absolute Gasteiger partial charge is 0.494 e. The zero-order chi connectivity index (χ0) is 15.0. The van der Waals surface area contributed by atoms with Gasteiger partial charge in [-0.2, -0.15) is 0 Å². The second-order valence-corrected chi connectivity index (χ2v) is 6.55. The third-order valence-corrected chi connectivity index (χ3v) is 4.33. The minimum Gasteiger partial charge on any atom is -0.494 e. The van der Waals surface area contributed by atoms with E-state index in [9.17, 15) is 13.2 Å². The van der Waals surface area contributed by atoms with Crippen molar-refractivity contribution >= 4 is 21.5 Å². The van der Waals surface area contributed by atoms with Gasteiger partial charge in [0.2, 0.25) is 0 Å². The predicted molar refractivity (Wildman–Crippen MR) is 76.3 cm³/mol. The first kappa shape index (κ1) is 16.3. The molecule has 0 bridgehead atoms. The topological polar surface area (TPSA) is 95.7 Å². The lowest BCUT2D eigenvalue weighted by Crippen LogP contribution is -2.16. The van der Waals surface area contributed by atoms with Gasteiger partial charge in [-0.3, -0.25) is 4.79 Å². The number of hydrogen-bond donors (Lipinski definition) is 1. The van der Waals surface area contributed by atoms with E-state index in [4.69, 9.17) is 10.5 Å². The number of anilines is 1. The van der Waals surface area contributed by atoms with Gasteiger partial charge in [0.25, 0.3) is 0 Å². The van der Waals surface area contributed by atoms with E-state index in [2.05, 4.69) is 4.74 Å². The molecule has 1 aromatic rings.